The molecule has 2 aliphatic rings. The lowest BCUT2D eigenvalue weighted by molar-refractivity contribution is -0.132. The molecule has 3 aromatic rings. The van der Waals surface area contributed by atoms with Crippen LogP contribution in [0.4, 0.5) is 5.82 Å². The Hall–Kier alpha value is -2.45. The fraction of sp³-hybridized carbons (Fsp3) is 0.476. The first-order chi connectivity index (χ1) is 14.2. The number of aromatic nitrogens is 3. The summed E-state index contributed by atoms with van der Waals surface area (Å²) in [4.78, 5) is 22.9. The molecule has 0 bridgehead atoms. The number of carbonyl (C=O) groups is 1. The number of hydrogen-bond acceptors (Lipinski definition) is 6. The van der Waals surface area contributed by atoms with E-state index in [-0.39, 0.29) is 5.91 Å². The van der Waals surface area contributed by atoms with Crippen LogP contribution < -0.4 is 10.6 Å². The van der Waals surface area contributed by atoms with Crippen LogP contribution in [0.5, 0.6) is 0 Å². The number of piperidine rings is 2. The van der Waals surface area contributed by atoms with Gasteiger partial charge in [0, 0.05) is 25.5 Å². The van der Waals surface area contributed by atoms with Crippen molar-refractivity contribution in [3.05, 3.63) is 36.0 Å². The molecule has 0 atom stereocenters. The smallest absolute Gasteiger partial charge is 0.238 e. The fourth-order valence-corrected chi connectivity index (χ4v) is 5.51. The molecule has 5 rings (SSSR count). The first kappa shape index (κ1) is 18.6. The number of likely N-dealkylation sites (tertiary alicyclic amines) is 1. The van der Waals surface area contributed by atoms with Crippen molar-refractivity contribution in [1.82, 2.24) is 19.5 Å². The van der Waals surface area contributed by atoms with Crippen LogP contribution in [0, 0.1) is 0 Å². The van der Waals surface area contributed by atoms with Crippen LogP contribution >= 0.6 is 11.3 Å². The lowest BCUT2D eigenvalue weighted by Crippen LogP contribution is -2.63. The molecule has 5 heterocycles. The quantitative estimate of drug-likeness (QED) is 0.715. The van der Waals surface area contributed by atoms with Crippen LogP contribution in [-0.4, -0.2) is 57.1 Å². The van der Waals surface area contributed by atoms with Gasteiger partial charge in [-0.3, -0.25) is 9.69 Å². The van der Waals surface area contributed by atoms with Gasteiger partial charge in [0.1, 0.15) is 16.7 Å². The highest BCUT2D eigenvalue weighted by Gasteiger charge is 2.45. The zero-order valence-corrected chi connectivity index (χ0v) is 17.3. The van der Waals surface area contributed by atoms with E-state index in [4.69, 9.17) is 10.8 Å². The second-order valence-corrected chi connectivity index (χ2v) is 8.97. The average molecular weight is 411 g/mol. The highest BCUT2D eigenvalue weighted by Crippen LogP contribution is 2.34. The van der Waals surface area contributed by atoms with Crippen LogP contribution in [0.2, 0.25) is 0 Å². The van der Waals surface area contributed by atoms with Crippen molar-refractivity contribution in [2.24, 2.45) is 5.73 Å². The summed E-state index contributed by atoms with van der Waals surface area (Å²) in [5, 5.41) is 6.78. The molecule has 3 aromatic heterocycles. The second-order valence-electron chi connectivity index (χ2n) is 8.02. The van der Waals surface area contributed by atoms with Crippen LogP contribution in [0.15, 0.2) is 36.0 Å². The summed E-state index contributed by atoms with van der Waals surface area (Å²) < 4.78 is 1.90. The van der Waals surface area contributed by atoms with Crippen molar-refractivity contribution in [2.45, 2.75) is 37.6 Å². The van der Waals surface area contributed by atoms with Crippen LogP contribution in [-0.2, 0) is 4.79 Å². The van der Waals surface area contributed by atoms with Gasteiger partial charge in [-0.15, -0.1) is 11.3 Å². The van der Waals surface area contributed by atoms with E-state index in [0.29, 0.717) is 0 Å². The van der Waals surface area contributed by atoms with Crippen LogP contribution in [0.25, 0.3) is 16.1 Å². The Bertz CT molecular complexity index is 1000. The molecule has 8 heteroatoms. The molecule has 0 unspecified atom stereocenters. The number of amides is 1. The van der Waals surface area contributed by atoms with E-state index >= 15 is 0 Å². The standard InChI is InChI=1S/C21H26N6OS/c22-20(28)21(26-9-2-1-3-10-26)6-11-25(12-7-21)19-17-15-16(18-5-4-14-29-18)24-27(17)13-8-23-19/h4-5,8,13-15H,1-3,6-7,9-12H2,(H2,22,28). The number of rotatable bonds is 4. The van der Waals surface area contributed by atoms with Gasteiger partial charge in [-0.2, -0.15) is 5.10 Å². The van der Waals surface area contributed by atoms with E-state index < -0.39 is 5.54 Å². The van der Waals surface area contributed by atoms with Crippen molar-refractivity contribution >= 4 is 28.6 Å². The molecule has 1 amide bonds. The van der Waals surface area contributed by atoms with Gasteiger partial charge in [0.15, 0.2) is 5.82 Å². The third kappa shape index (κ3) is 3.20. The molecule has 29 heavy (non-hydrogen) atoms. The summed E-state index contributed by atoms with van der Waals surface area (Å²) >= 11 is 1.68. The van der Waals surface area contributed by atoms with E-state index in [0.717, 1.165) is 73.8 Å². The largest absolute Gasteiger partial charge is 0.368 e. The Balaban J connectivity index is 1.41. The lowest BCUT2D eigenvalue weighted by atomic mass is 9.83. The number of fused-ring (bicyclic) bond motifs is 1. The Morgan fingerprint density at radius 2 is 1.93 bits per heavy atom. The van der Waals surface area contributed by atoms with E-state index in [9.17, 15) is 4.79 Å². The van der Waals surface area contributed by atoms with Crippen LogP contribution in [0.3, 0.4) is 0 Å². The summed E-state index contributed by atoms with van der Waals surface area (Å²) in [5.74, 6) is 0.758. The molecule has 2 N–H and O–H groups in total. The van der Waals surface area contributed by atoms with Crippen molar-refractivity contribution < 1.29 is 4.79 Å². The number of anilines is 1. The third-order valence-corrected chi connectivity index (χ3v) is 7.35. The second kappa shape index (κ2) is 7.42. The van der Waals surface area contributed by atoms with E-state index in [1.165, 1.54) is 6.42 Å². The highest BCUT2D eigenvalue weighted by molar-refractivity contribution is 7.13. The summed E-state index contributed by atoms with van der Waals surface area (Å²) in [5.41, 5.74) is 7.39. The molecule has 0 aliphatic carbocycles. The number of carbonyl (C=O) groups excluding carboxylic acids is 1. The van der Waals surface area contributed by atoms with Gasteiger partial charge in [0.05, 0.1) is 4.88 Å². The number of thiophene rings is 1. The molecule has 0 spiro atoms. The number of nitrogens with two attached hydrogens (primary N) is 1. The molecule has 0 aromatic carbocycles. The molecular formula is C21H26N6OS. The van der Waals surface area contributed by atoms with E-state index in [2.05, 4.69) is 32.3 Å². The fourth-order valence-electron chi connectivity index (χ4n) is 4.83. The normalized spacial score (nSPS) is 20.2. The van der Waals surface area contributed by atoms with Crippen LogP contribution in [0.1, 0.15) is 32.1 Å². The first-order valence-corrected chi connectivity index (χ1v) is 11.2. The third-order valence-electron chi connectivity index (χ3n) is 6.45. The predicted molar refractivity (Wildman–Crippen MR) is 115 cm³/mol. The zero-order chi connectivity index (χ0) is 19.8. The minimum Gasteiger partial charge on any atom is -0.368 e. The SMILES string of the molecule is NC(=O)C1(N2CCCCC2)CCN(c2nccn3nc(-c4cccs4)cc23)CC1. The van der Waals surface area contributed by atoms with E-state index in [1.807, 2.05) is 16.8 Å². The number of nitrogens with zero attached hydrogens (tertiary/aromatic N) is 5. The Kier molecular flexibility index (Phi) is 4.75. The van der Waals surface area contributed by atoms with Gasteiger partial charge in [0.2, 0.25) is 5.91 Å². The Labute approximate surface area is 174 Å². The van der Waals surface area contributed by atoms with Gasteiger partial charge < -0.3 is 10.6 Å². The van der Waals surface area contributed by atoms with Crippen molar-refractivity contribution in [3.63, 3.8) is 0 Å². The van der Waals surface area contributed by atoms with Crippen molar-refractivity contribution in [1.29, 1.82) is 0 Å². The topological polar surface area (TPSA) is 79.8 Å². The van der Waals surface area contributed by atoms with Gasteiger partial charge in [-0.05, 0) is 56.3 Å². The molecule has 0 radical (unpaired) electrons. The predicted octanol–water partition coefficient (Wildman–Crippen LogP) is 2.77. The molecule has 2 aliphatic heterocycles. The maximum Gasteiger partial charge on any atom is 0.238 e. The molecule has 2 fully saturated rings. The van der Waals surface area contributed by atoms with Crippen molar-refractivity contribution in [3.8, 4) is 10.6 Å². The lowest BCUT2D eigenvalue weighted by Gasteiger charge is -2.48. The number of primary amides is 1. The summed E-state index contributed by atoms with van der Waals surface area (Å²) in [7, 11) is 0. The van der Waals surface area contributed by atoms with Gasteiger partial charge >= 0.3 is 0 Å². The molecule has 0 saturated carbocycles. The van der Waals surface area contributed by atoms with Crippen molar-refractivity contribution in [2.75, 3.05) is 31.1 Å². The summed E-state index contributed by atoms with van der Waals surface area (Å²) in [6.07, 6.45) is 8.74. The average Bonchev–Trinajstić information content (AvgIpc) is 3.43. The maximum absolute atomic E-state index is 12.5. The van der Waals surface area contributed by atoms with E-state index in [1.54, 1.807) is 17.5 Å². The zero-order valence-electron chi connectivity index (χ0n) is 16.5. The van der Waals surface area contributed by atoms with Gasteiger partial charge in [-0.25, -0.2) is 9.50 Å². The van der Waals surface area contributed by atoms with Gasteiger partial charge in [-0.1, -0.05) is 12.5 Å². The molecule has 152 valence electrons. The highest BCUT2D eigenvalue weighted by atomic mass is 32.1. The molecule has 7 nitrogen and oxygen atoms in total. The minimum absolute atomic E-state index is 0.172. The summed E-state index contributed by atoms with van der Waals surface area (Å²) in [6.45, 7) is 3.49. The first-order valence-electron chi connectivity index (χ1n) is 10.4. The van der Waals surface area contributed by atoms with Gasteiger partial charge in [0.25, 0.3) is 0 Å². The Morgan fingerprint density at radius 3 is 2.62 bits per heavy atom. The summed E-state index contributed by atoms with van der Waals surface area (Å²) in [6, 6.07) is 6.23. The minimum atomic E-state index is -0.510. The maximum atomic E-state index is 12.5. The molecule has 2 saturated heterocycles. The molecular weight excluding hydrogens is 384 g/mol. The number of hydrogen-bond donors (Lipinski definition) is 1. The Morgan fingerprint density at radius 1 is 1.14 bits per heavy atom. The monoisotopic (exact) mass is 410 g/mol.